The van der Waals surface area contributed by atoms with Crippen LogP contribution in [0.3, 0.4) is 0 Å². The molecule has 0 bridgehead atoms. The molecular weight excluding hydrogens is 188 g/mol. The molecule has 0 N–H and O–H groups in total. The number of carbonyl (C=O) groups is 1. The first kappa shape index (κ1) is 11.8. The predicted molar refractivity (Wildman–Crippen MR) is 61.4 cm³/mol. The van der Waals surface area contributed by atoms with Crippen molar-refractivity contribution in [3.8, 4) is 5.75 Å². The fraction of sp³-hybridized carbons (Fsp3) is 0.462. The molecule has 0 heterocycles. The predicted octanol–water partition coefficient (Wildman–Crippen LogP) is 2.87. The van der Waals surface area contributed by atoms with Crippen LogP contribution < -0.4 is 4.74 Å². The van der Waals surface area contributed by atoms with Crippen LogP contribution in [-0.2, 0) is 10.2 Å². The minimum absolute atomic E-state index is 0.0320. The van der Waals surface area contributed by atoms with Gasteiger partial charge >= 0.3 is 0 Å². The molecule has 82 valence electrons. The first-order valence-corrected chi connectivity index (χ1v) is 5.12. The summed E-state index contributed by atoms with van der Waals surface area (Å²) in [6.07, 6.45) is 0.770. The Bertz CT molecular complexity index is 348. The molecule has 15 heavy (non-hydrogen) atoms. The summed E-state index contributed by atoms with van der Waals surface area (Å²) in [5.74, 6) is 0.806. The molecule has 0 radical (unpaired) electrons. The van der Waals surface area contributed by atoms with Gasteiger partial charge in [0, 0.05) is 0 Å². The van der Waals surface area contributed by atoms with Gasteiger partial charge in [0.25, 0.3) is 0 Å². The van der Waals surface area contributed by atoms with Crippen molar-refractivity contribution in [3.63, 3.8) is 0 Å². The molecule has 0 aliphatic rings. The Labute approximate surface area is 91.3 Å². The van der Waals surface area contributed by atoms with Crippen molar-refractivity contribution in [3.05, 3.63) is 29.3 Å². The molecule has 0 saturated carbocycles. The lowest BCUT2D eigenvalue weighted by Crippen LogP contribution is -2.14. The molecule has 2 heteroatoms. The number of carbonyl (C=O) groups excluding carboxylic acids is 1. The highest BCUT2D eigenvalue weighted by molar-refractivity contribution is 5.52. The van der Waals surface area contributed by atoms with Crippen molar-refractivity contribution < 1.29 is 9.53 Å². The summed E-state index contributed by atoms with van der Waals surface area (Å²) < 4.78 is 5.40. The standard InChI is InChI=1S/C13H18O2/c1-10-5-6-12(15-8-7-14)11(9-10)13(2,3)4/h5-7,9H,8H2,1-4H3. The van der Waals surface area contributed by atoms with Gasteiger partial charge in [-0.2, -0.15) is 0 Å². The number of aryl methyl sites for hydroxylation is 1. The van der Waals surface area contributed by atoms with Gasteiger partial charge in [0.05, 0.1) is 0 Å². The van der Waals surface area contributed by atoms with Crippen LogP contribution in [0.4, 0.5) is 0 Å². The molecule has 0 aromatic heterocycles. The smallest absolute Gasteiger partial charge is 0.157 e. The molecule has 1 aromatic rings. The monoisotopic (exact) mass is 206 g/mol. The molecule has 2 nitrogen and oxygen atoms in total. The lowest BCUT2D eigenvalue weighted by Gasteiger charge is -2.22. The van der Waals surface area contributed by atoms with Crippen molar-refractivity contribution >= 4 is 6.29 Å². The largest absolute Gasteiger partial charge is 0.486 e. The van der Waals surface area contributed by atoms with Crippen molar-refractivity contribution in [2.24, 2.45) is 0 Å². The maximum absolute atomic E-state index is 10.3. The van der Waals surface area contributed by atoms with Crippen LogP contribution in [-0.4, -0.2) is 12.9 Å². The molecule has 0 aliphatic heterocycles. The summed E-state index contributed by atoms with van der Waals surface area (Å²) in [7, 11) is 0. The molecule has 0 unspecified atom stereocenters. The molecule has 0 spiro atoms. The van der Waals surface area contributed by atoms with Gasteiger partial charge in [-0.15, -0.1) is 0 Å². The van der Waals surface area contributed by atoms with Crippen molar-refractivity contribution in [1.82, 2.24) is 0 Å². The second-order valence-electron chi connectivity index (χ2n) is 4.73. The van der Waals surface area contributed by atoms with E-state index in [0.717, 1.165) is 17.6 Å². The van der Waals surface area contributed by atoms with Gasteiger partial charge in [-0.1, -0.05) is 38.5 Å². The zero-order valence-electron chi connectivity index (χ0n) is 9.83. The Morgan fingerprint density at radius 2 is 2.00 bits per heavy atom. The fourth-order valence-corrected chi connectivity index (χ4v) is 1.48. The zero-order valence-corrected chi connectivity index (χ0v) is 9.83. The maximum Gasteiger partial charge on any atom is 0.157 e. The van der Waals surface area contributed by atoms with E-state index in [1.54, 1.807) is 0 Å². The molecule has 0 amide bonds. The zero-order chi connectivity index (χ0) is 11.5. The molecule has 1 rings (SSSR count). The second-order valence-corrected chi connectivity index (χ2v) is 4.73. The molecular formula is C13H18O2. The lowest BCUT2D eigenvalue weighted by atomic mass is 9.85. The Morgan fingerprint density at radius 1 is 1.33 bits per heavy atom. The van der Waals surface area contributed by atoms with E-state index in [1.165, 1.54) is 5.56 Å². The second kappa shape index (κ2) is 4.47. The fourth-order valence-electron chi connectivity index (χ4n) is 1.48. The van der Waals surface area contributed by atoms with Crippen LogP contribution in [0.5, 0.6) is 5.75 Å². The van der Waals surface area contributed by atoms with E-state index >= 15 is 0 Å². The third kappa shape index (κ3) is 3.08. The van der Waals surface area contributed by atoms with Gasteiger partial charge in [0.15, 0.2) is 6.29 Å². The van der Waals surface area contributed by atoms with Gasteiger partial charge in [0.2, 0.25) is 0 Å². The molecule has 0 saturated heterocycles. The summed E-state index contributed by atoms with van der Waals surface area (Å²) in [5, 5.41) is 0. The van der Waals surface area contributed by atoms with Crippen LogP contribution in [0.25, 0.3) is 0 Å². The highest BCUT2D eigenvalue weighted by Gasteiger charge is 2.18. The van der Waals surface area contributed by atoms with Crippen LogP contribution in [0, 0.1) is 6.92 Å². The van der Waals surface area contributed by atoms with Crippen LogP contribution in [0.15, 0.2) is 18.2 Å². The normalized spacial score (nSPS) is 11.2. The number of hydrogen-bond acceptors (Lipinski definition) is 2. The quantitative estimate of drug-likeness (QED) is 0.711. The topological polar surface area (TPSA) is 26.3 Å². The van der Waals surface area contributed by atoms with Gasteiger partial charge in [0.1, 0.15) is 12.4 Å². The molecule has 0 atom stereocenters. The summed E-state index contributed by atoms with van der Waals surface area (Å²) in [5.41, 5.74) is 2.38. The lowest BCUT2D eigenvalue weighted by molar-refractivity contribution is -0.109. The van der Waals surface area contributed by atoms with E-state index in [-0.39, 0.29) is 12.0 Å². The first-order chi connectivity index (χ1) is 6.95. The third-order valence-electron chi connectivity index (χ3n) is 2.25. The van der Waals surface area contributed by atoms with E-state index in [9.17, 15) is 4.79 Å². The summed E-state index contributed by atoms with van der Waals surface area (Å²) in [6.45, 7) is 8.57. The third-order valence-corrected chi connectivity index (χ3v) is 2.25. The Hall–Kier alpha value is -1.31. The average molecular weight is 206 g/mol. The van der Waals surface area contributed by atoms with E-state index in [4.69, 9.17) is 4.74 Å². The number of ether oxygens (including phenoxy) is 1. The number of benzene rings is 1. The molecule has 0 aliphatic carbocycles. The number of hydrogen-bond donors (Lipinski definition) is 0. The van der Waals surface area contributed by atoms with E-state index in [2.05, 4.69) is 33.8 Å². The molecule has 1 aromatic carbocycles. The van der Waals surface area contributed by atoms with E-state index in [1.807, 2.05) is 12.1 Å². The molecule has 0 fully saturated rings. The SMILES string of the molecule is Cc1ccc(OCC=O)c(C(C)(C)C)c1. The van der Waals surface area contributed by atoms with Gasteiger partial charge in [-0.05, 0) is 24.0 Å². The van der Waals surface area contributed by atoms with Crippen molar-refractivity contribution in [2.45, 2.75) is 33.1 Å². The van der Waals surface area contributed by atoms with E-state index < -0.39 is 0 Å². The highest BCUT2D eigenvalue weighted by Crippen LogP contribution is 2.31. The van der Waals surface area contributed by atoms with Crippen molar-refractivity contribution in [2.75, 3.05) is 6.61 Å². The Morgan fingerprint density at radius 3 is 2.53 bits per heavy atom. The minimum atomic E-state index is 0.0320. The summed E-state index contributed by atoms with van der Waals surface area (Å²) in [6, 6.07) is 6.04. The van der Waals surface area contributed by atoms with Crippen LogP contribution in [0.1, 0.15) is 31.9 Å². The van der Waals surface area contributed by atoms with Crippen molar-refractivity contribution in [1.29, 1.82) is 0 Å². The Kier molecular flexibility index (Phi) is 3.51. The maximum atomic E-state index is 10.3. The highest BCUT2D eigenvalue weighted by atomic mass is 16.5. The minimum Gasteiger partial charge on any atom is -0.486 e. The van der Waals surface area contributed by atoms with Crippen LogP contribution in [0.2, 0.25) is 0 Å². The number of aldehydes is 1. The van der Waals surface area contributed by atoms with E-state index in [0.29, 0.717) is 0 Å². The summed E-state index contributed by atoms with van der Waals surface area (Å²) >= 11 is 0. The van der Waals surface area contributed by atoms with Crippen LogP contribution >= 0.6 is 0 Å². The Balaban J connectivity index is 3.09. The first-order valence-electron chi connectivity index (χ1n) is 5.12. The van der Waals surface area contributed by atoms with Gasteiger partial charge in [-0.3, -0.25) is 4.79 Å². The average Bonchev–Trinajstić information content (AvgIpc) is 2.14. The van der Waals surface area contributed by atoms with Gasteiger partial charge in [-0.25, -0.2) is 0 Å². The van der Waals surface area contributed by atoms with Gasteiger partial charge < -0.3 is 4.74 Å². The summed E-state index contributed by atoms with van der Waals surface area (Å²) in [4.78, 5) is 10.3. The number of rotatable bonds is 3.